The average molecular weight is 474 g/mol. The van der Waals surface area contributed by atoms with E-state index in [-0.39, 0.29) is 24.4 Å². The number of fused-ring (bicyclic) bond motifs is 3. The van der Waals surface area contributed by atoms with Crippen molar-refractivity contribution in [3.05, 3.63) is 78.1 Å². The van der Waals surface area contributed by atoms with E-state index in [0.717, 1.165) is 54.1 Å². The minimum atomic E-state index is -0.308. The number of carbonyl (C=O) groups excluding carboxylic acids is 2. The van der Waals surface area contributed by atoms with Crippen LogP contribution in [0.25, 0.3) is 5.69 Å². The number of benzene rings is 2. The first-order chi connectivity index (χ1) is 17.1. The number of para-hydroxylation sites is 2. The number of carbonyl (C=O) groups is 2. The molecule has 0 aliphatic carbocycles. The molecule has 0 radical (unpaired) electrons. The SMILES string of the molecule is CCCCC(=O)N(CCCC)CC(=O)N1c2ccccc2-n2cccc2C1c1ccc(OC)cc1. The first kappa shape index (κ1) is 24.6. The molecule has 0 spiro atoms. The lowest BCUT2D eigenvalue weighted by atomic mass is 9.97. The fraction of sp³-hybridized carbons (Fsp3) is 0.379. The van der Waals surface area contributed by atoms with Crippen molar-refractivity contribution in [3.8, 4) is 11.4 Å². The minimum absolute atomic E-state index is 0.0586. The van der Waals surface area contributed by atoms with E-state index < -0.39 is 0 Å². The summed E-state index contributed by atoms with van der Waals surface area (Å²) in [5.41, 5.74) is 3.81. The van der Waals surface area contributed by atoms with Gasteiger partial charge in [-0.3, -0.25) is 14.5 Å². The molecule has 0 fully saturated rings. The van der Waals surface area contributed by atoms with Gasteiger partial charge in [0.1, 0.15) is 18.3 Å². The van der Waals surface area contributed by atoms with Gasteiger partial charge in [-0.25, -0.2) is 0 Å². The number of amides is 2. The van der Waals surface area contributed by atoms with Crippen LogP contribution in [0.2, 0.25) is 0 Å². The van der Waals surface area contributed by atoms with Crippen LogP contribution in [0.1, 0.15) is 63.3 Å². The molecule has 3 aromatic rings. The quantitative estimate of drug-likeness (QED) is 0.377. The standard InChI is InChI=1S/C29H35N3O3/c1-4-6-14-27(33)30(19-7-5-2)21-28(34)32-25-12-9-8-11-24(25)31-20-10-13-26(31)29(32)22-15-17-23(35-3)18-16-22/h8-13,15-18,20,29H,4-7,14,19,21H2,1-3H3. The largest absolute Gasteiger partial charge is 0.497 e. The second kappa shape index (κ2) is 11.3. The van der Waals surface area contributed by atoms with Gasteiger partial charge in [-0.2, -0.15) is 0 Å². The van der Waals surface area contributed by atoms with E-state index in [1.807, 2.05) is 65.7 Å². The van der Waals surface area contributed by atoms with Crippen LogP contribution in [-0.4, -0.2) is 41.5 Å². The number of aromatic nitrogens is 1. The zero-order valence-corrected chi connectivity index (χ0v) is 20.9. The molecule has 4 rings (SSSR count). The van der Waals surface area contributed by atoms with Gasteiger partial charge < -0.3 is 14.2 Å². The lowest BCUT2D eigenvalue weighted by molar-refractivity contribution is -0.135. The van der Waals surface area contributed by atoms with Gasteiger partial charge in [-0.1, -0.05) is 51.0 Å². The smallest absolute Gasteiger partial charge is 0.247 e. The molecule has 1 aliphatic heterocycles. The highest BCUT2D eigenvalue weighted by molar-refractivity contribution is 6.00. The molecule has 184 valence electrons. The summed E-state index contributed by atoms with van der Waals surface area (Å²) < 4.78 is 7.51. The van der Waals surface area contributed by atoms with Gasteiger partial charge >= 0.3 is 0 Å². The molecule has 2 amide bonds. The molecule has 6 nitrogen and oxygen atoms in total. The summed E-state index contributed by atoms with van der Waals surface area (Å²) in [6, 6.07) is 19.6. The summed E-state index contributed by atoms with van der Waals surface area (Å²) in [5.74, 6) is 0.750. The van der Waals surface area contributed by atoms with E-state index in [1.54, 1.807) is 12.0 Å². The van der Waals surface area contributed by atoms with Crippen molar-refractivity contribution >= 4 is 17.5 Å². The third kappa shape index (κ3) is 5.11. The zero-order chi connectivity index (χ0) is 24.8. The maximum Gasteiger partial charge on any atom is 0.247 e. The van der Waals surface area contributed by atoms with Crippen molar-refractivity contribution in [3.63, 3.8) is 0 Å². The lowest BCUT2D eigenvalue weighted by Crippen LogP contribution is -2.47. The molecular formula is C29H35N3O3. The fourth-order valence-electron chi connectivity index (χ4n) is 4.73. The molecule has 6 heteroatoms. The highest BCUT2D eigenvalue weighted by atomic mass is 16.5. The summed E-state index contributed by atoms with van der Waals surface area (Å²) in [6.07, 6.45) is 6.16. The van der Waals surface area contributed by atoms with E-state index in [9.17, 15) is 9.59 Å². The second-order valence-electron chi connectivity index (χ2n) is 9.00. The number of rotatable bonds is 10. The molecule has 1 aromatic heterocycles. The van der Waals surface area contributed by atoms with E-state index in [0.29, 0.717) is 13.0 Å². The minimum Gasteiger partial charge on any atom is -0.497 e. The number of hydrogen-bond acceptors (Lipinski definition) is 3. The van der Waals surface area contributed by atoms with Crippen LogP contribution in [0.4, 0.5) is 5.69 Å². The van der Waals surface area contributed by atoms with Crippen molar-refractivity contribution in [1.29, 1.82) is 0 Å². The van der Waals surface area contributed by atoms with Crippen molar-refractivity contribution in [2.24, 2.45) is 0 Å². The third-order valence-electron chi connectivity index (χ3n) is 6.62. The number of methoxy groups -OCH3 is 1. The van der Waals surface area contributed by atoms with Crippen LogP contribution in [-0.2, 0) is 9.59 Å². The number of unbranched alkanes of at least 4 members (excludes halogenated alkanes) is 2. The van der Waals surface area contributed by atoms with Crippen LogP contribution in [0, 0.1) is 0 Å². The second-order valence-corrected chi connectivity index (χ2v) is 9.00. The maximum absolute atomic E-state index is 14.0. The Hall–Kier alpha value is -3.54. The van der Waals surface area contributed by atoms with Crippen molar-refractivity contribution < 1.29 is 14.3 Å². The van der Waals surface area contributed by atoms with Crippen LogP contribution in [0.5, 0.6) is 5.75 Å². The summed E-state index contributed by atoms with van der Waals surface area (Å²) in [5, 5.41) is 0. The summed E-state index contributed by atoms with van der Waals surface area (Å²) in [4.78, 5) is 30.7. The molecule has 1 unspecified atom stereocenters. The van der Waals surface area contributed by atoms with Gasteiger partial charge in [-0.15, -0.1) is 0 Å². The number of nitrogens with zero attached hydrogens (tertiary/aromatic N) is 3. The number of hydrogen-bond donors (Lipinski definition) is 0. The Balaban J connectivity index is 1.74. The first-order valence-corrected chi connectivity index (χ1v) is 12.6. The molecule has 0 N–H and O–H groups in total. The monoisotopic (exact) mass is 473 g/mol. The molecule has 1 atom stereocenters. The predicted molar refractivity (Wildman–Crippen MR) is 139 cm³/mol. The highest BCUT2D eigenvalue weighted by Crippen LogP contribution is 2.42. The summed E-state index contributed by atoms with van der Waals surface area (Å²) >= 11 is 0. The van der Waals surface area contributed by atoms with Crippen LogP contribution < -0.4 is 9.64 Å². The van der Waals surface area contributed by atoms with Gasteiger partial charge in [0, 0.05) is 19.2 Å². The van der Waals surface area contributed by atoms with Gasteiger partial charge in [0.05, 0.1) is 24.2 Å². The highest BCUT2D eigenvalue weighted by Gasteiger charge is 2.36. The van der Waals surface area contributed by atoms with Crippen LogP contribution >= 0.6 is 0 Å². The van der Waals surface area contributed by atoms with Crippen LogP contribution in [0.15, 0.2) is 66.9 Å². The van der Waals surface area contributed by atoms with Gasteiger partial charge in [0.15, 0.2) is 0 Å². The Kier molecular flexibility index (Phi) is 7.91. The maximum atomic E-state index is 14.0. The van der Waals surface area contributed by atoms with E-state index in [2.05, 4.69) is 24.5 Å². The van der Waals surface area contributed by atoms with Gasteiger partial charge in [-0.05, 0) is 54.8 Å². The zero-order valence-electron chi connectivity index (χ0n) is 20.9. The lowest BCUT2D eigenvalue weighted by Gasteiger charge is -2.39. The number of anilines is 1. The molecule has 35 heavy (non-hydrogen) atoms. The molecule has 0 saturated carbocycles. The predicted octanol–water partition coefficient (Wildman–Crippen LogP) is 5.74. The van der Waals surface area contributed by atoms with Gasteiger partial charge in [0.2, 0.25) is 11.8 Å². The fourth-order valence-corrected chi connectivity index (χ4v) is 4.73. The normalized spacial score (nSPS) is 14.3. The molecular weight excluding hydrogens is 438 g/mol. The van der Waals surface area contributed by atoms with E-state index in [4.69, 9.17) is 4.74 Å². The average Bonchev–Trinajstić information content (AvgIpc) is 3.39. The third-order valence-corrected chi connectivity index (χ3v) is 6.62. The van der Waals surface area contributed by atoms with Crippen LogP contribution in [0.3, 0.4) is 0 Å². The Morgan fingerprint density at radius 2 is 1.63 bits per heavy atom. The Labute approximate surface area is 208 Å². The summed E-state index contributed by atoms with van der Waals surface area (Å²) in [6.45, 7) is 4.85. The van der Waals surface area contributed by atoms with Crippen molar-refractivity contribution in [1.82, 2.24) is 9.47 Å². The van der Waals surface area contributed by atoms with E-state index in [1.165, 1.54) is 0 Å². The topological polar surface area (TPSA) is 54.8 Å². The Morgan fingerprint density at radius 3 is 2.31 bits per heavy atom. The van der Waals surface area contributed by atoms with Crippen molar-refractivity contribution in [2.45, 2.75) is 52.0 Å². The Morgan fingerprint density at radius 1 is 0.914 bits per heavy atom. The number of ether oxygens (including phenoxy) is 1. The molecule has 0 saturated heterocycles. The summed E-state index contributed by atoms with van der Waals surface area (Å²) in [7, 11) is 1.65. The van der Waals surface area contributed by atoms with E-state index >= 15 is 0 Å². The first-order valence-electron chi connectivity index (χ1n) is 12.6. The Bertz CT molecular complexity index is 1150. The van der Waals surface area contributed by atoms with Gasteiger partial charge in [0.25, 0.3) is 0 Å². The van der Waals surface area contributed by atoms with Crippen molar-refractivity contribution in [2.75, 3.05) is 25.1 Å². The molecule has 0 bridgehead atoms. The molecule has 1 aliphatic rings. The molecule has 2 heterocycles. The molecule has 2 aromatic carbocycles.